The van der Waals surface area contributed by atoms with Crippen LogP contribution in [0.2, 0.25) is 0 Å². The Morgan fingerprint density at radius 2 is 0.846 bits per heavy atom. The van der Waals surface area contributed by atoms with E-state index in [9.17, 15) is 0 Å². The van der Waals surface area contributed by atoms with Crippen molar-refractivity contribution >= 4 is 65.6 Å². The summed E-state index contributed by atoms with van der Waals surface area (Å²) < 4.78 is 11.1. The summed E-state index contributed by atoms with van der Waals surface area (Å²) >= 11 is 0. The second-order valence-corrected chi connectivity index (χ2v) is 10.2. The van der Waals surface area contributed by atoms with Crippen LogP contribution in [0.15, 0.2) is 138 Å². The smallest absolute Gasteiger partial charge is 0.137 e. The molecule has 3 heterocycles. The van der Waals surface area contributed by atoms with E-state index in [2.05, 4.69) is 130 Å². The van der Waals surface area contributed by atoms with E-state index in [-0.39, 0.29) is 0 Å². The molecule has 182 valence electrons. The van der Waals surface area contributed by atoms with Crippen molar-refractivity contribution in [2.45, 2.75) is 0 Å². The van der Waals surface area contributed by atoms with Crippen LogP contribution >= 0.6 is 0 Å². The summed E-state index contributed by atoms with van der Waals surface area (Å²) in [5.41, 5.74) is 8.84. The molecule has 0 fully saturated rings. The van der Waals surface area contributed by atoms with Gasteiger partial charge in [0.25, 0.3) is 0 Å². The number of furan rings is 1. The SMILES string of the molecule is c1cc(-n2c3ccccc3c3ccccc32)cc(-n2c3ccccc3c3cc4c(cc32)oc2ccccc24)c1. The van der Waals surface area contributed by atoms with Gasteiger partial charge in [0.2, 0.25) is 0 Å². The summed E-state index contributed by atoms with van der Waals surface area (Å²) in [7, 11) is 0. The lowest BCUT2D eigenvalue weighted by Gasteiger charge is -2.12. The Bertz CT molecular complexity index is 2350. The molecule has 0 spiro atoms. The third kappa shape index (κ3) is 2.82. The van der Waals surface area contributed by atoms with Crippen molar-refractivity contribution in [2.24, 2.45) is 0 Å². The van der Waals surface area contributed by atoms with Gasteiger partial charge < -0.3 is 13.6 Å². The highest BCUT2D eigenvalue weighted by Crippen LogP contribution is 2.39. The highest BCUT2D eigenvalue weighted by Gasteiger charge is 2.17. The van der Waals surface area contributed by atoms with Crippen molar-refractivity contribution in [1.82, 2.24) is 9.13 Å². The lowest BCUT2D eigenvalue weighted by molar-refractivity contribution is 0.669. The van der Waals surface area contributed by atoms with E-state index in [0.29, 0.717) is 0 Å². The van der Waals surface area contributed by atoms with Gasteiger partial charge in [0.05, 0.1) is 22.1 Å². The summed E-state index contributed by atoms with van der Waals surface area (Å²) in [6.07, 6.45) is 0. The van der Waals surface area contributed by atoms with Crippen LogP contribution in [0.25, 0.3) is 76.9 Å². The van der Waals surface area contributed by atoms with E-state index in [1.54, 1.807) is 0 Å². The number of hydrogen-bond donors (Lipinski definition) is 0. The molecule has 0 atom stereocenters. The second kappa shape index (κ2) is 7.62. The van der Waals surface area contributed by atoms with Gasteiger partial charge in [0.1, 0.15) is 11.2 Å². The standard InChI is InChI=1S/C36H22N2O/c1-5-16-31-25(12-1)26-13-2-6-17-32(26)37(31)23-10-9-11-24(20-23)38-33-18-7-3-14-27(33)29-21-30-28-15-4-8-19-35(28)39-36(30)22-34(29)38/h1-22H. The van der Waals surface area contributed by atoms with Crippen LogP contribution in [0.1, 0.15) is 0 Å². The van der Waals surface area contributed by atoms with Crippen molar-refractivity contribution in [3.63, 3.8) is 0 Å². The molecule has 6 aromatic carbocycles. The van der Waals surface area contributed by atoms with E-state index >= 15 is 0 Å². The Kier molecular flexibility index (Phi) is 4.05. The molecule has 0 saturated heterocycles. The normalized spacial score (nSPS) is 12.1. The highest BCUT2D eigenvalue weighted by molar-refractivity contribution is 6.17. The second-order valence-electron chi connectivity index (χ2n) is 10.2. The molecule has 0 aliphatic carbocycles. The van der Waals surface area contributed by atoms with Crippen molar-refractivity contribution in [3.05, 3.63) is 133 Å². The van der Waals surface area contributed by atoms with E-state index in [4.69, 9.17) is 4.42 Å². The number of fused-ring (bicyclic) bond motifs is 9. The maximum atomic E-state index is 6.31. The van der Waals surface area contributed by atoms with Crippen LogP contribution in [0.5, 0.6) is 0 Å². The molecule has 0 saturated carbocycles. The van der Waals surface area contributed by atoms with Crippen molar-refractivity contribution < 1.29 is 4.42 Å². The van der Waals surface area contributed by atoms with Crippen molar-refractivity contribution in [3.8, 4) is 11.4 Å². The topological polar surface area (TPSA) is 23.0 Å². The Labute approximate surface area is 223 Å². The maximum absolute atomic E-state index is 6.31. The van der Waals surface area contributed by atoms with E-state index in [1.807, 2.05) is 12.1 Å². The van der Waals surface area contributed by atoms with Gasteiger partial charge in [-0.05, 0) is 48.5 Å². The number of rotatable bonds is 2. The molecule has 0 aliphatic heterocycles. The zero-order chi connectivity index (χ0) is 25.5. The quantitative estimate of drug-likeness (QED) is 0.233. The average Bonchev–Trinajstić information content (AvgIpc) is 3.63. The molecule has 3 heteroatoms. The predicted octanol–water partition coefficient (Wildman–Crippen LogP) is 9.78. The summed E-state index contributed by atoms with van der Waals surface area (Å²) in [4.78, 5) is 0. The molecule has 0 unspecified atom stereocenters. The number of aromatic nitrogens is 2. The monoisotopic (exact) mass is 498 g/mol. The van der Waals surface area contributed by atoms with Gasteiger partial charge in [-0.1, -0.05) is 78.9 Å². The van der Waals surface area contributed by atoms with E-state index in [0.717, 1.165) is 38.8 Å². The van der Waals surface area contributed by atoms with Gasteiger partial charge in [-0.2, -0.15) is 0 Å². The zero-order valence-corrected chi connectivity index (χ0v) is 21.0. The zero-order valence-electron chi connectivity index (χ0n) is 21.0. The van der Waals surface area contributed by atoms with Gasteiger partial charge in [0.15, 0.2) is 0 Å². The third-order valence-corrected chi connectivity index (χ3v) is 8.10. The molecule has 0 aliphatic rings. The first-order chi connectivity index (χ1) is 19.3. The molecular weight excluding hydrogens is 476 g/mol. The largest absolute Gasteiger partial charge is 0.456 e. The summed E-state index contributed by atoms with van der Waals surface area (Å²) in [5.74, 6) is 0. The molecule has 3 aromatic heterocycles. The summed E-state index contributed by atoms with van der Waals surface area (Å²) in [5, 5.41) is 7.30. The van der Waals surface area contributed by atoms with Crippen LogP contribution in [0.3, 0.4) is 0 Å². The van der Waals surface area contributed by atoms with Crippen molar-refractivity contribution in [1.29, 1.82) is 0 Å². The minimum Gasteiger partial charge on any atom is -0.456 e. The third-order valence-electron chi connectivity index (χ3n) is 8.10. The summed E-state index contributed by atoms with van der Waals surface area (Å²) in [6, 6.07) is 47.6. The Morgan fingerprint density at radius 1 is 0.333 bits per heavy atom. The van der Waals surface area contributed by atoms with E-state index in [1.165, 1.54) is 38.1 Å². The average molecular weight is 499 g/mol. The minimum atomic E-state index is 0.909. The predicted molar refractivity (Wildman–Crippen MR) is 162 cm³/mol. The molecular formula is C36H22N2O. The molecule has 0 bridgehead atoms. The van der Waals surface area contributed by atoms with Gasteiger partial charge in [-0.15, -0.1) is 0 Å². The number of benzene rings is 6. The number of nitrogens with zero attached hydrogens (tertiary/aromatic N) is 2. The molecule has 3 nitrogen and oxygen atoms in total. The first-order valence-electron chi connectivity index (χ1n) is 13.3. The lowest BCUT2D eigenvalue weighted by Crippen LogP contribution is -1.98. The highest BCUT2D eigenvalue weighted by atomic mass is 16.3. The van der Waals surface area contributed by atoms with Crippen molar-refractivity contribution in [2.75, 3.05) is 0 Å². The fourth-order valence-corrected chi connectivity index (χ4v) is 6.44. The first kappa shape index (κ1) is 20.7. The van der Waals surface area contributed by atoms with E-state index < -0.39 is 0 Å². The molecule has 0 N–H and O–H groups in total. The first-order valence-corrected chi connectivity index (χ1v) is 13.3. The molecule has 9 rings (SSSR count). The van der Waals surface area contributed by atoms with Crippen LogP contribution in [-0.4, -0.2) is 9.13 Å². The molecule has 9 aromatic rings. The van der Waals surface area contributed by atoms with Crippen LogP contribution < -0.4 is 0 Å². The van der Waals surface area contributed by atoms with Gasteiger partial charge in [0, 0.05) is 49.8 Å². The molecule has 0 radical (unpaired) electrons. The van der Waals surface area contributed by atoms with Crippen LogP contribution in [0.4, 0.5) is 0 Å². The molecule has 39 heavy (non-hydrogen) atoms. The van der Waals surface area contributed by atoms with Gasteiger partial charge >= 0.3 is 0 Å². The van der Waals surface area contributed by atoms with Crippen LogP contribution in [0, 0.1) is 0 Å². The fraction of sp³-hybridized carbons (Fsp3) is 0. The minimum absolute atomic E-state index is 0.909. The van der Waals surface area contributed by atoms with Crippen LogP contribution in [-0.2, 0) is 0 Å². The van der Waals surface area contributed by atoms with Gasteiger partial charge in [-0.3, -0.25) is 0 Å². The lowest BCUT2D eigenvalue weighted by atomic mass is 10.1. The Hall–Kier alpha value is -5.28. The molecule has 0 amide bonds. The Morgan fingerprint density at radius 3 is 1.49 bits per heavy atom. The fourth-order valence-electron chi connectivity index (χ4n) is 6.44. The summed E-state index contributed by atoms with van der Waals surface area (Å²) in [6.45, 7) is 0. The Balaban J connectivity index is 1.36. The maximum Gasteiger partial charge on any atom is 0.137 e. The van der Waals surface area contributed by atoms with Gasteiger partial charge in [-0.25, -0.2) is 0 Å². The number of hydrogen-bond acceptors (Lipinski definition) is 1. The number of para-hydroxylation sites is 4.